The highest BCUT2D eigenvalue weighted by Gasteiger charge is 2.05. The molecule has 0 amide bonds. The molecule has 0 saturated heterocycles. The number of benzene rings is 1. The van der Waals surface area contributed by atoms with E-state index in [1.54, 1.807) is 6.20 Å². The standard InChI is InChI=1S/C13H12N6/c14-12-13(16-7-9-5-6-15-8-17-9)19-11-4-2-1-3-10(11)18-12/h1-6,8H,7H2,(H2,14,18)(H,16,19). The number of fused-ring (bicyclic) bond motifs is 1. The topological polar surface area (TPSA) is 89.6 Å². The van der Waals surface area contributed by atoms with Crippen LogP contribution in [0.1, 0.15) is 5.69 Å². The second-order valence-electron chi connectivity index (χ2n) is 4.00. The van der Waals surface area contributed by atoms with Gasteiger partial charge in [-0.05, 0) is 18.2 Å². The molecule has 1 aromatic carbocycles. The molecule has 0 aliphatic rings. The summed E-state index contributed by atoms with van der Waals surface area (Å²) in [5.74, 6) is 0.949. The molecule has 0 fully saturated rings. The van der Waals surface area contributed by atoms with Gasteiger partial charge in [-0.1, -0.05) is 12.1 Å². The van der Waals surface area contributed by atoms with Gasteiger partial charge in [0.25, 0.3) is 0 Å². The van der Waals surface area contributed by atoms with E-state index in [2.05, 4.69) is 25.3 Å². The summed E-state index contributed by atoms with van der Waals surface area (Å²) in [5.41, 5.74) is 8.34. The van der Waals surface area contributed by atoms with Crippen LogP contribution in [-0.2, 0) is 6.54 Å². The lowest BCUT2D eigenvalue weighted by atomic mass is 10.3. The minimum Gasteiger partial charge on any atom is -0.381 e. The van der Waals surface area contributed by atoms with Crippen LogP contribution in [0.2, 0.25) is 0 Å². The number of hydrogen-bond acceptors (Lipinski definition) is 6. The van der Waals surface area contributed by atoms with E-state index >= 15 is 0 Å². The summed E-state index contributed by atoms with van der Waals surface area (Å²) in [6.45, 7) is 0.528. The summed E-state index contributed by atoms with van der Waals surface area (Å²) in [6.07, 6.45) is 3.20. The molecule has 0 unspecified atom stereocenters. The van der Waals surface area contributed by atoms with Crippen molar-refractivity contribution in [2.45, 2.75) is 6.54 Å². The summed E-state index contributed by atoms with van der Waals surface area (Å²) in [7, 11) is 0. The minimum atomic E-state index is 0.382. The van der Waals surface area contributed by atoms with Crippen LogP contribution in [-0.4, -0.2) is 19.9 Å². The number of hydrogen-bond donors (Lipinski definition) is 2. The average Bonchev–Trinajstić information content (AvgIpc) is 2.46. The molecule has 3 rings (SSSR count). The Kier molecular flexibility index (Phi) is 2.89. The maximum absolute atomic E-state index is 5.88. The van der Waals surface area contributed by atoms with Gasteiger partial charge in [0, 0.05) is 6.20 Å². The van der Waals surface area contributed by atoms with Crippen LogP contribution < -0.4 is 11.1 Å². The van der Waals surface area contributed by atoms with Crippen molar-refractivity contribution in [1.29, 1.82) is 0 Å². The molecule has 0 aliphatic heterocycles. The monoisotopic (exact) mass is 252 g/mol. The number of anilines is 2. The lowest BCUT2D eigenvalue weighted by Gasteiger charge is -2.08. The highest BCUT2D eigenvalue weighted by atomic mass is 15.1. The van der Waals surface area contributed by atoms with Gasteiger partial charge in [-0.3, -0.25) is 0 Å². The molecule has 2 aromatic heterocycles. The van der Waals surface area contributed by atoms with Gasteiger partial charge in [-0.25, -0.2) is 19.9 Å². The predicted molar refractivity (Wildman–Crippen MR) is 73.3 cm³/mol. The molecule has 3 N–H and O–H groups in total. The first-order chi connectivity index (χ1) is 9.33. The molecule has 0 aliphatic carbocycles. The van der Waals surface area contributed by atoms with Gasteiger partial charge < -0.3 is 11.1 Å². The maximum Gasteiger partial charge on any atom is 0.169 e. The number of rotatable bonds is 3. The van der Waals surface area contributed by atoms with Crippen molar-refractivity contribution in [3.05, 3.63) is 48.5 Å². The zero-order valence-corrected chi connectivity index (χ0v) is 10.1. The molecule has 0 spiro atoms. The fourth-order valence-corrected chi connectivity index (χ4v) is 1.74. The summed E-state index contributed by atoms with van der Waals surface area (Å²) in [5, 5.41) is 3.13. The van der Waals surface area contributed by atoms with Crippen LogP contribution in [0.3, 0.4) is 0 Å². The van der Waals surface area contributed by atoms with E-state index in [0.717, 1.165) is 16.7 Å². The Morgan fingerprint density at radius 2 is 1.84 bits per heavy atom. The van der Waals surface area contributed by atoms with Crippen LogP contribution in [0.4, 0.5) is 11.6 Å². The third-order valence-electron chi connectivity index (χ3n) is 2.68. The molecule has 2 heterocycles. The van der Waals surface area contributed by atoms with Crippen molar-refractivity contribution in [3.8, 4) is 0 Å². The number of nitrogens with zero attached hydrogens (tertiary/aromatic N) is 4. The lowest BCUT2D eigenvalue weighted by molar-refractivity contribution is 0.997. The van der Waals surface area contributed by atoms with E-state index < -0.39 is 0 Å². The quantitative estimate of drug-likeness (QED) is 0.736. The molecule has 0 atom stereocenters. The third-order valence-corrected chi connectivity index (χ3v) is 2.68. The molecular formula is C13H12N6. The Labute approximate surface area is 109 Å². The highest BCUT2D eigenvalue weighted by molar-refractivity contribution is 5.79. The number of nitrogens with two attached hydrogens (primary N) is 1. The summed E-state index contributed by atoms with van der Waals surface area (Å²) >= 11 is 0. The van der Waals surface area contributed by atoms with E-state index in [4.69, 9.17) is 5.73 Å². The first kappa shape index (κ1) is 11.3. The zero-order valence-electron chi connectivity index (χ0n) is 10.1. The molecular weight excluding hydrogens is 240 g/mol. The van der Waals surface area contributed by atoms with Crippen LogP contribution >= 0.6 is 0 Å². The Bertz CT molecular complexity index is 698. The van der Waals surface area contributed by atoms with Gasteiger partial charge in [0.05, 0.1) is 23.3 Å². The van der Waals surface area contributed by atoms with E-state index in [1.165, 1.54) is 6.33 Å². The molecule has 0 saturated carbocycles. The molecule has 94 valence electrons. The van der Waals surface area contributed by atoms with Gasteiger partial charge in [0.1, 0.15) is 6.33 Å². The number of para-hydroxylation sites is 2. The number of aromatic nitrogens is 4. The van der Waals surface area contributed by atoms with Crippen LogP contribution in [0.5, 0.6) is 0 Å². The highest BCUT2D eigenvalue weighted by Crippen LogP contribution is 2.18. The average molecular weight is 252 g/mol. The zero-order chi connectivity index (χ0) is 13.1. The molecule has 6 heteroatoms. The second-order valence-corrected chi connectivity index (χ2v) is 4.00. The Hall–Kier alpha value is -2.76. The van der Waals surface area contributed by atoms with E-state index in [-0.39, 0.29) is 0 Å². The second kappa shape index (κ2) is 4.85. The Balaban J connectivity index is 1.86. The molecule has 6 nitrogen and oxygen atoms in total. The largest absolute Gasteiger partial charge is 0.381 e. The van der Waals surface area contributed by atoms with Crippen molar-refractivity contribution in [3.63, 3.8) is 0 Å². The Morgan fingerprint density at radius 3 is 2.58 bits per heavy atom. The molecule has 19 heavy (non-hydrogen) atoms. The number of nitrogens with one attached hydrogen (secondary N) is 1. The van der Waals surface area contributed by atoms with Gasteiger partial charge in [-0.2, -0.15) is 0 Å². The Morgan fingerprint density at radius 1 is 1.05 bits per heavy atom. The van der Waals surface area contributed by atoms with Gasteiger partial charge in [-0.15, -0.1) is 0 Å². The third kappa shape index (κ3) is 2.42. The maximum atomic E-state index is 5.88. The van der Waals surface area contributed by atoms with Crippen molar-refractivity contribution in [2.75, 3.05) is 11.1 Å². The van der Waals surface area contributed by atoms with Crippen LogP contribution in [0, 0.1) is 0 Å². The predicted octanol–water partition coefficient (Wildman–Crippen LogP) is 1.61. The number of nitrogen functional groups attached to an aromatic ring is 1. The van der Waals surface area contributed by atoms with Crippen molar-refractivity contribution >= 4 is 22.7 Å². The van der Waals surface area contributed by atoms with E-state index in [1.807, 2.05) is 30.3 Å². The van der Waals surface area contributed by atoms with Crippen molar-refractivity contribution in [1.82, 2.24) is 19.9 Å². The molecule has 0 bridgehead atoms. The first-order valence-corrected chi connectivity index (χ1v) is 5.84. The fourth-order valence-electron chi connectivity index (χ4n) is 1.74. The molecule has 0 radical (unpaired) electrons. The van der Waals surface area contributed by atoms with Crippen LogP contribution in [0.15, 0.2) is 42.9 Å². The van der Waals surface area contributed by atoms with Gasteiger partial charge >= 0.3 is 0 Å². The van der Waals surface area contributed by atoms with Crippen molar-refractivity contribution in [2.24, 2.45) is 0 Å². The van der Waals surface area contributed by atoms with E-state index in [0.29, 0.717) is 18.2 Å². The lowest BCUT2D eigenvalue weighted by Crippen LogP contribution is -2.07. The fraction of sp³-hybridized carbons (Fsp3) is 0.0769. The summed E-state index contributed by atoms with van der Waals surface area (Å²) < 4.78 is 0. The SMILES string of the molecule is Nc1nc2ccccc2nc1NCc1ccncn1. The normalized spacial score (nSPS) is 10.5. The summed E-state index contributed by atoms with van der Waals surface area (Å²) in [6, 6.07) is 9.44. The molecule has 3 aromatic rings. The van der Waals surface area contributed by atoms with E-state index in [9.17, 15) is 0 Å². The summed E-state index contributed by atoms with van der Waals surface area (Å²) in [4.78, 5) is 16.7. The van der Waals surface area contributed by atoms with Gasteiger partial charge in [0.2, 0.25) is 0 Å². The van der Waals surface area contributed by atoms with Gasteiger partial charge in [0.15, 0.2) is 11.6 Å². The van der Waals surface area contributed by atoms with Crippen LogP contribution in [0.25, 0.3) is 11.0 Å². The first-order valence-electron chi connectivity index (χ1n) is 5.84. The minimum absolute atomic E-state index is 0.382. The smallest absolute Gasteiger partial charge is 0.169 e. The van der Waals surface area contributed by atoms with Crippen molar-refractivity contribution < 1.29 is 0 Å².